The Bertz CT molecular complexity index is 1360. The highest BCUT2D eigenvalue weighted by Gasteiger charge is 2.21. The summed E-state index contributed by atoms with van der Waals surface area (Å²) in [6.45, 7) is 0. The van der Waals surface area contributed by atoms with Crippen molar-refractivity contribution in [2.24, 2.45) is 0 Å². The van der Waals surface area contributed by atoms with Crippen molar-refractivity contribution in [2.75, 3.05) is 0 Å². The normalized spacial score (nSPS) is 11.7. The van der Waals surface area contributed by atoms with Gasteiger partial charge in [0.05, 0.1) is 11.0 Å². The quantitative estimate of drug-likeness (QED) is 0.519. The first-order valence-corrected chi connectivity index (χ1v) is 8.78. The first kappa shape index (κ1) is 16.0. The van der Waals surface area contributed by atoms with Gasteiger partial charge in [-0.15, -0.1) is 0 Å². The van der Waals surface area contributed by atoms with Crippen LogP contribution in [0.25, 0.3) is 22.2 Å². The van der Waals surface area contributed by atoms with E-state index in [2.05, 4.69) is 15.0 Å². The van der Waals surface area contributed by atoms with E-state index < -0.39 is 21.4 Å². The van der Waals surface area contributed by atoms with E-state index in [-0.39, 0.29) is 20.8 Å². The van der Waals surface area contributed by atoms with Crippen molar-refractivity contribution in [2.45, 2.75) is 4.90 Å². The molecule has 0 bridgehead atoms. The monoisotopic (exact) mass is 370 g/mol. The number of para-hydroxylation sites is 2. The fourth-order valence-electron chi connectivity index (χ4n) is 2.37. The Kier molecular flexibility index (Phi) is 3.55. The topological polar surface area (TPSA) is 124 Å². The second kappa shape index (κ2) is 5.77. The predicted octanol–water partition coefficient (Wildman–Crippen LogP) is 0.450. The zero-order valence-electron chi connectivity index (χ0n) is 13.0. The lowest BCUT2D eigenvalue weighted by atomic mass is 10.3. The average Bonchev–Trinajstić information content (AvgIpc) is 2.65. The van der Waals surface area contributed by atoms with Gasteiger partial charge in [-0.3, -0.25) is 14.1 Å². The minimum atomic E-state index is -4.37. The summed E-state index contributed by atoms with van der Waals surface area (Å²) in [5, 5.41) is 0. The number of nitrogens with zero attached hydrogens (tertiary/aromatic N) is 3. The predicted molar refractivity (Wildman–Crippen MR) is 92.1 cm³/mol. The maximum Gasteiger partial charge on any atom is 0.365 e. The Labute approximate surface area is 145 Å². The molecule has 2 aromatic heterocycles. The van der Waals surface area contributed by atoms with Crippen molar-refractivity contribution < 1.29 is 12.7 Å². The molecule has 4 aromatic rings. The second-order valence-electron chi connectivity index (χ2n) is 5.28. The molecule has 0 fully saturated rings. The van der Waals surface area contributed by atoms with E-state index in [4.69, 9.17) is 4.28 Å². The zero-order chi connectivity index (χ0) is 18.3. The van der Waals surface area contributed by atoms with Gasteiger partial charge < -0.3 is 0 Å². The van der Waals surface area contributed by atoms with E-state index >= 15 is 0 Å². The number of hydrogen-bond acceptors (Lipinski definition) is 7. The van der Waals surface area contributed by atoms with Crippen molar-refractivity contribution >= 4 is 32.3 Å². The number of H-pyrrole nitrogens is 1. The van der Waals surface area contributed by atoms with Gasteiger partial charge >= 0.3 is 21.4 Å². The second-order valence-corrected chi connectivity index (χ2v) is 6.81. The summed E-state index contributed by atoms with van der Waals surface area (Å²) in [4.78, 5) is 35.1. The van der Waals surface area contributed by atoms with Gasteiger partial charge in [0.1, 0.15) is 4.90 Å². The third-order valence-electron chi connectivity index (χ3n) is 3.57. The van der Waals surface area contributed by atoms with E-state index in [1.807, 2.05) is 0 Å². The largest absolute Gasteiger partial charge is 0.365 e. The van der Waals surface area contributed by atoms with Gasteiger partial charge in [-0.25, -0.2) is 14.8 Å². The molecule has 2 heterocycles. The molecule has 0 atom stereocenters. The fourth-order valence-corrected chi connectivity index (χ4v) is 3.28. The number of rotatable bonds is 3. The molecule has 0 radical (unpaired) electrons. The molecular formula is C16H10N4O5S. The van der Waals surface area contributed by atoms with Gasteiger partial charge in [-0.05, 0) is 24.3 Å². The molecule has 26 heavy (non-hydrogen) atoms. The molecule has 0 saturated carbocycles. The number of fused-ring (bicyclic) bond motifs is 2. The van der Waals surface area contributed by atoms with Crippen molar-refractivity contribution in [3.05, 3.63) is 75.4 Å². The van der Waals surface area contributed by atoms with Crippen LogP contribution >= 0.6 is 0 Å². The smallest absolute Gasteiger partial charge is 0.287 e. The standard InChI is InChI=1S/C16H10N4O5S/c21-15-13-14(18-12-9-5-4-8-11(12)17-13)19-16(22)20(15)25-26(23,24)10-6-2-1-3-7-10/h1-9H,(H,18,19,22). The summed E-state index contributed by atoms with van der Waals surface area (Å²) >= 11 is 0. The van der Waals surface area contributed by atoms with Gasteiger partial charge in [0, 0.05) is 0 Å². The summed E-state index contributed by atoms with van der Waals surface area (Å²) < 4.78 is 29.4. The average molecular weight is 370 g/mol. The minimum absolute atomic E-state index is 0.0596. The third kappa shape index (κ3) is 2.62. The molecule has 0 saturated heterocycles. The molecule has 2 aromatic carbocycles. The van der Waals surface area contributed by atoms with Crippen molar-refractivity contribution in [1.29, 1.82) is 0 Å². The third-order valence-corrected chi connectivity index (χ3v) is 4.77. The molecule has 130 valence electrons. The molecule has 0 spiro atoms. The van der Waals surface area contributed by atoms with Gasteiger partial charge in [-0.2, -0.15) is 8.42 Å². The molecule has 0 aliphatic carbocycles. The molecule has 0 aliphatic heterocycles. The number of benzene rings is 2. The molecule has 1 N–H and O–H groups in total. The van der Waals surface area contributed by atoms with E-state index in [9.17, 15) is 18.0 Å². The van der Waals surface area contributed by atoms with Gasteiger partial charge in [0.15, 0.2) is 11.2 Å². The highest BCUT2D eigenvalue weighted by Crippen LogP contribution is 2.11. The summed E-state index contributed by atoms with van der Waals surface area (Å²) in [6.07, 6.45) is 0. The van der Waals surface area contributed by atoms with Gasteiger partial charge in [-0.1, -0.05) is 35.1 Å². The SMILES string of the molecule is O=c1[nH]c2nc3ccccc3nc2c(=O)n1OS(=O)(=O)c1ccccc1. The van der Waals surface area contributed by atoms with Crippen molar-refractivity contribution in [3.63, 3.8) is 0 Å². The first-order chi connectivity index (χ1) is 12.5. The van der Waals surface area contributed by atoms with Crippen molar-refractivity contribution in [1.82, 2.24) is 19.7 Å². The van der Waals surface area contributed by atoms with Crippen LogP contribution < -0.4 is 15.5 Å². The summed E-state index contributed by atoms with van der Waals surface area (Å²) in [6, 6.07) is 13.9. The molecule has 0 aliphatic rings. The summed E-state index contributed by atoms with van der Waals surface area (Å²) in [5.74, 6) is 0. The summed E-state index contributed by atoms with van der Waals surface area (Å²) in [5.41, 5.74) is -1.48. The number of nitrogens with one attached hydrogen (secondary N) is 1. The Balaban J connectivity index is 1.92. The fraction of sp³-hybridized carbons (Fsp3) is 0. The van der Waals surface area contributed by atoms with Crippen LogP contribution in [0.2, 0.25) is 0 Å². The molecule has 4 rings (SSSR count). The highest BCUT2D eigenvalue weighted by atomic mass is 32.2. The zero-order valence-corrected chi connectivity index (χ0v) is 13.8. The Morgan fingerprint density at radius 3 is 2.19 bits per heavy atom. The first-order valence-electron chi connectivity index (χ1n) is 7.37. The molecule has 9 nitrogen and oxygen atoms in total. The molecular weight excluding hydrogens is 360 g/mol. The maximum atomic E-state index is 12.6. The van der Waals surface area contributed by atoms with Crippen LogP contribution in [0.4, 0.5) is 0 Å². The molecule has 0 unspecified atom stereocenters. The Morgan fingerprint density at radius 1 is 0.885 bits per heavy atom. The number of aromatic amines is 1. The lowest BCUT2D eigenvalue weighted by Crippen LogP contribution is -2.42. The van der Waals surface area contributed by atoms with Crippen LogP contribution in [-0.4, -0.2) is 28.1 Å². The highest BCUT2D eigenvalue weighted by molar-refractivity contribution is 7.87. The lowest BCUT2D eigenvalue weighted by Gasteiger charge is -2.08. The molecule has 10 heteroatoms. The van der Waals surface area contributed by atoms with Crippen molar-refractivity contribution in [3.8, 4) is 0 Å². The minimum Gasteiger partial charge on any atom is -0.287 e. The maximum absolute atomic E-state index is 12.6. The van der Waals surface area contributed by atoms with Crippen LogP contribution in [0.5, 0.6) is 0 Å². The Morgan fingerprint density at radius 2 is 1.50 bits per heavy atom. The van der Waals surface area contributed by atoms with Crippen LogP contribution in [0, 0.1) is 0 Å². The van der Waals surface area contributed by atoms with Gasteiger partial charge in [0.2, 0.25) is 0 Å². The summed E-state index contributed by atoms with van der Waals surface area (Å²) in [7, 11) is -4.37. The van der Waals surface area contributed by atoms with E-state index in [1.165, 1.54) is 24.3 Å². The lowest BCUT2D eigenvalue weighted by molar-refractivity contribution is 0.253. The van der Waals surface area contributed by atoms with Crippen LogP contribution in [0.3, 0.4) is 0 Å². The number of hydrogen-bond donors (Lipinski definition) is 1. The van der Waals surface area contributed by atoms with E-state index in [0.29, 0.717) is 11.0 Å². The van der Waals surface area contributed by atoms with Crippen LogP contribution in [0.15, 0.2) is 69.1 Å². The van der Waals surface area contributed by atoms with Crippen LogP contribution in [0.1, 0.15) is 0 Å². The van der Waals surface area contributed by atoms with E-state index in [0.717, 1.165) is 0 Å². The number of aromatic nitrogens is 4. The van der Waals surface area contributed by atoms with Gasteiger partial charge in [0.25, 0.3) is 0 Å². The van der Waals surface area contributed by atoms with E-state index in [1.54, 1.807) is 30.3 Å². The Hall–Kier alpha value is -3.53. The molecule has 0 amide bonds. The van der Waals surface area contributed by atoms with Crippen LogP contribution in [-0.2, 0) is 10.1 Å².